The molecule has 2 heterocycles. The Hall–Kier alpha value is -1.56. The van der Waals surface area contributed by atoms with Crippen LogP contribution in [0.4, 0.5) is 4.79 Å². The van der Waals surface area contributed by atoms with E-state index in [2.05, 4.69) is 0 Å². The number of amides is 2. The Morgan fingerprint density at radius 2 is 2.17 bits per heavy atom. The molecule has 0 N–H and O–H groups in total. The fourth-order valence-electron chi connectivity index (χ4n) is 2.67. The van der Waals surface area contributed by atoms with Crippen LogP contribution in [0.5, 0.6) is 0 Å². The summed E-state index contributed by atoms with van der Waals surface area (Å²) in [5, 5.41) is 3.99. The van der Waals surface area contributed by atoms with Gasteiger partial charge in [-0.3, -0.25) is 4.79 Å². The normalized spacial score (nSPS) is 18.1. The predicted molar refractivity (Wildman–Crippen MR) is 91.6 cm³/mol. The average Bonchev–Trinajstić information content (AvgIpc) is 3.08. The maximum Gasteiger partial charge on any atom is 0.410 e. The molecule has 1 aromatic heterocycles. The standard InChI is InChI=1S/C17H26N2O3S/c1-17(2,3)22-16(21)19-7-5-14(11-19)10-18(4)15(20)9-13-6-8-23-12-13/h6,8,12,14H,5,7,9-11H2,1-4H3. The molecule has 5 nitrogen and oxygen atoms in total. The lowest BCUT2D eigenvalue weighted by Crippen LogP contribution is -2.37. The first-order chi connectivity index (χ1) is 10.7. The summed E-state index contributed by atoms with van der Waals surface area (Å²) in [6.45, 7) is 7.65. The highest BCUT2D eigenvalue weighted by molar-refractivity contribution is 7.07. The molecule has 1 saturated heterocycles. The zero-order valence-electron chi connectivity index (χ0n) is 14.4. The summed E-state index contributed by atoms with van der Waals surface area (Å²) in [6.07, 6.45) is 1.10. The van der Waals surface area contributed by atoms with Gasteiger partial charge in [-0.2, -0.15) is 11.3 Å². The van der Waals surface area contributed by atoms with E-state index in [0.717, 1.165) is 12.0 Å². The van der Waals surface area contributed by atoms with Gasteiger partial charge in [0.25, 0.3) is 0 Å². The van der Waals surface area contributed by atoms with Crippen molar-refractivity contribution in [2.75, 3.05) is 26.7 Å². The summed E-state index contributed by atoms with van der Waals surface area (Å²) in [7, 11) is 1.84. The molecule has 23 heavy (non-hydrogen) atoms. The van der Waals surface area contributed by atoms with Gasteiger partial charge in [0.15, 0.2) is 0 Å². The molecule has 1 atom stereocenters. The van der Waals surface area contributed by atoms with Crippen LogP contribution in [0, 0.1) is 5.92 Å². The average molecular weight is 338 g/mol. The molecule has 1 fully saturated rings. The minimum absolute atomic E-state index is 0.124. The number of rotatable bonds is 4. The SMILES string of the molecule is CN(CC1CCN(C(=O)OC(C)(C)C)C1)C(=O)Cc1ccsc1. The van der Waals surface area contributed by atoms with E-state index in [1.54, 1.807) is 21.1 Å². The van der Waals surface area contributed by atoms with Crippen molar-refractivity contribution in [2.24, 2.45) is 5.92 Å². The number of hydrogen-bond acceptors (Lipinski definition) is 4. The fourth-order valence-corrected chi connectivity index (χ4v) is 3.33. The van der Waals surface area contributed by atoms with Crippen LogP contribution in [-0.2, 0) is 16.0 Å². The van der Waals surface area contributed by atoms with Crippen LogP contribution >= 0.6 is 11.3 Å². The van der Waals surface area contributed by atoms with Gasteiger partial charge in [0.05, 0.1) is 6.42 Å². The van der Waals surface area contributed by atoms with Crippen LogP contribution < -0.4 is 0 Å². The molecule has 0 bridgehead atoms. The van der Waals surface area contributed by atoms with Gasteiger partial charge in [0.2, 0.25) is 5.91 Å². The Kier molecular flexibility index (Phi) is 5.68. The second kappa shape index (κ2) is 7.34. The highest BCUT2D eigenvalue weighted by Gasteiger charge is 2.30. The number of carbonyl (C=O) groups excluding carboxylic acids is 2. The van der Waals surface area contributed by atoms with Gasteiger partial charge in [-0.1, -0.05) is 0 Å². The van der Waals surface area contributed by atoms with Gasteiger partial charge in [-0.25, -0.2) is 4.79 Å². The quantitative estimate of drug-likeness (QED) is 0.848. The Balaban J connectivity index is 1.78. The van der Waals surface area contributed by atoms with E-state index >= 15 is 0 Å². The lowest BCUT2D eigenvalue weighted by atomic mass is 10.1. The largest absolute Gasteiger partial charge is 0.444 e. The van der Waals surface area contributed by atoms with Gasteiger partial charge >= 0.3 is 6.09 Å². The molecule has 1 aromatic rings. The molecular weight excluding hydrogens is 312 g/mol. The van der Waals surface area contributed by atoms with E-state index in [-0.39, 0.29) is 12.0 Å². The van der Waals surface area contributed by atoms with Crippen LogP contribution in [0.3, 0.4) is 0 Å². The van der Waals surface area contributed by atoms with Crippen LogP contribution in [-0.4, -0.2) is 54.1 Å². The van der Waals surface area contributed by atoms with Crippen molar-refractivity contribution in [3.63, 3.8) is 0 Å². The van der Waals surface area contributed by atoms with E-state index in [9.17, 15) is 9.59 Å². The topological polar surface area (TPSA) is 49.9 Å². The van der Waals surface area contributed by atoms with Crippen molar-refractivity contribution in [1.82, 2.24) is 9.80 Å². The lowest BCUT2D eigenvalue weighted by molar-refractivity contribution is -0.129. The number of ether oxygens (including phenoxy) is 1. The molecule has 1 aliphatic rings. The molecular formula is C17H26N2O3S. The van der Waals surface area contributed by atoms with Gasteiger partial charge in [0.1, 0.15) is 5.60 Å². The highest BCUT2D eigenvalue weighted by Crippen LogP contribution is 2.20. The highest BCUT2D eigenvalue weighted by atomic mass is 32.1. The van der Waals surface area contributed by atoms with Crippen molar-refractivity contribution in [3.8, 4) is 0 Å². The molecule has 0 spiro atoms. The Morgan fingerprint density at radius 3 is 2.78 bits per heavy atom. The summed E-state index contributed by atoms with van der Waals surface area (Å²) in [6, 6.07) is 1.98. The lowest BCUT2D eigenvalue weighted by Gasteiger charge is -2.25. The molecule has 128 valence electrons. The first kappa shape index (κ1) is 17.8. The maximum atomic E-state index is 12.2. The molecule has 1 aliphatic heterocycles. The number of likely N-dealkylation sites (N-methyl/N-ethyl adjacent to an activating group) is 1. The second-order valence-electron chi connectivity index (χ2n) is 7.16. The van der Waals surface area contributed by atoms with Crippen molar-refractivity contribution in [3.05, 3.63) is 22.4 Å². The van der Waals surface area contributed by atoms with E-state index < -0.39 is 5.60 Å². The van der Waals surface area contributed by atoms with Crippen molar-refractivity contribution < 1.29 is 14.3 Å². The summed E-state index contributed by atoms with van der Waals surface area (Å²) in [4.78, 5) is 27.8. The predicted octanol–water partition coefficient (Wildman–Crippen LogP) is 3.01. The number of nitrogens with zero attached hydrogens (tertiary/aromatic N) is 2. The summed E-state index contributed by atoms with van der Waals surface area (Å²) in [5.41, 5.74) is 0.594. The van der Waals surface area contributed by atoms with Gasteiger partial charge in [-0.15, -0.1) is 0 Å². The number of likely N-dealkylation sites (tertiary alicyclic amines) is 1. The number of thiophene rings is 1. The monoisotopic (exact) mass is 338 g/mol. The summed E-state index contributed by atoms with van der Waals surface area (Å²) in [5.74, 6) is 0.443. The summed E-state index contributed by atoms with van der Waals surface area (Å²) < 4.78 is 5.40. The van der Waals surface area contributed by atoms with E-state index in [1.807, 2.05) is 44.6 Å². The Bertz CT molecular complexity index is 537. The van der Waals surface area contributed by atoms with Gasteiger partial charge < -0.3 is 14.5 Å². The van der Waals surface area contributed by atoms with Crippen LogP contribution in [0.15, 0.2) is 16.8 Å². The summed E-state index contributed by atoms with van der Waals surface area (Å²) >= 11 is 1.61. The molecule has 1 unspecified atom stereocenters. The number of hydrogen-bond donors (Lipinski definition) is 0. The van der Waals surface area contributed by atoms with E-state index in [4.69, 9.17) is 4.74 Å². The number of carbonyl (C=O) groups is 2. The Labute approximate surface area is 142 Å². The van der Waals surface area contributed by atoms with Crippen LogP contribution in [0.1, 0.15) is 32.8 Å². The van der Waals surface area contributed by atoms with Gasteiger partial charge in [0, 0.05) is 26.7 Å². The third kappa shape index (κ3) is 5.53. The maximum absolute atomic E-state index is 12.2. The third-order valence-corrected chi connectivity index (χ3v) is 4.56. The molecule has 0 saturated carbocycles. The molecule has 0 aromatic carbocycles. The van der Waals surface area contributed by atoms with Crippen LogP contribution in [0.2, 0.25) is 0 Å². The second-order valence-corrected chi connectivity index (χ2v) is 7.94. The fraction of sp³-hybridized carbons (Fsp3) is 0.647. The van der Waals surface area contributed by atoms with Crippen molar-refractivity contribution in [2.45, 2.75) is 39.2 Å². The minimum Gasteiger partial charge on any atom is -0.444 e. The molecule has 6 heteroatoms. The van der Waals surface area contributed by atoms with Crippen molar-refractivity contribution in [1.29, 1.82) is 0 Å². The minimum atomic E-state index is -0.470. The molecule has 0 aliphatic carbocycles. The first-order valence-corrected chi connectivity index (χ1v) is 8.92. The third-order valence-electron chi connectivity index (χ3n) is 3.83. The zero-order valence-corrected chi connectivity index (χ0v) is 15.2. The molecule has 2 rings (SSSR count). The smallest absolute Gasteiger partial charge is 0.410 e. The van der Waals surface area contributed by atoms with Crippen LogP contribution in [0.25, 0.3) is 0 Å². The molecule has 2 amide bonds. The first-order valence-electron chi connectivity index (χ1n) is 7.97. The van der Waals surface area contributed by atoms with E-state index in [1.165, 1.54) is 0 Å². The van der Waals surface area contributed by atoms with Gasteiger partial charge in [-0.05, 0) is 55.5 Å². The zero-order chi connectivity index (χ0) is 17.0. The molecule has 0 radical (unpaired) electrons. The van der Waals surface area contributed by atoms with E-state index in [0.29, 0.717) is 32.0 Å². The Morgan fingerprint density at radius 1 is 1.43 bits per heavy atom. The van der Waals surface area contributed by atoms with Crippen molar-refractivity contribution >= 4 is 23.3 Å².